The molecule has 0 aliphatic rings. The van der Waals surface area contributed by atoms with E-state index in [-0.39, 0.29) is 5.48 Å². The molecule has 74 valence electrons. The van der Waals surface area contributed by atoms with Gasteiger partial charge in [-0.1, -0.05) is 0 Å². The first-order valence-corrected chi connectivity index (χ1v) is 2.82. The van der Waals surface area contributed by atoms with E-state index in [1.165, 1.54) is 0 Å². The van der Waals surface area contributed by atoms with Gasteiger partial charge in [-0.15, -0.1) is 0 Å². The highest BCUT2D eigenvalue weighted by Gasteiger charge is 2.12. The van der Waals surface area contributed by atoms with Crippen LogP contribution in [0.1, 0.15) is 6.42 Å². The largest absolute Gasteiger partial charge is 0.481 e. The summed E-state index contributed by atoms with van der Waals surface area (Å²) in [5.41, 5.74) is -0.657. The van der Waals surface area contributed by atoms with Crippen LogP contribution in [-0.4, -0.2) is 38.7 Å². The van der Waals surface area contributed by atoms with Crippen molar-refractivity contribution >= 4 is 17.9 Å². The molecule has 0 bridgehead atoms. The van der Waals surface area contributed by atoms with Gasteiger partial charge in [0.25, 0.3) is 0 Å². The van der Waals surface area contributed by atoms with Gasteiger partial charge in [-0.3, -0.25) is 4.79 Å². The Morgan fingerprint density at radius 2 is 1.54 bits per heavy atom. The van der Waals surface area contributed by atoms with Crippen LogP contribution >= 0.6 is 0 Å². The SMILES string of the molecule is O.O=C(O)/C=C(\CC(=O)O)C(=O)O. The number of hydrogen-bond donors (Lipinski definition) is 3. The maximum atomic E-state index is 10.2. The van der Waals surface area contributed by atoms with Crippen LogP contribution < -0.4 is 0 Å². The molecule has 0 spiro atoms. The summed E-state index contributed by atoms with van der Waals surface area (Å²) in [5.74, 6) is -4.40. The summed E-state index contributed by atoms with van der Waals surface area (Å²) in [6, 6.07) is 0. The fourth-order valence-corrected chi connectivity index (χ4v) is 0.500. The first kappa shape index (κ1) is 13.7. The molecule has 0 fully saturated rings. The molecule has 0 aromatic carbocycles. The third-order valence-electron chi connectivity index (χ3n) is 0.914. The number of carboxylic acid groups (broad SMARTS) is 3. The highest BCUT2D eigenvalue weighted by Crippen LogP contribution is 2.00. The van der Waals surface area contributed by atoms with Crippen LogP contribution in [0.15, 0.2) is 11.6 Å². The first-order chi connectivity index (χ1) is 5.43. The van der Waals surface area contributed by atoms with Gasteiger partial charge in [-0.25, -0.2) is 9.59 Å². The average molecular weight is 192 g/mol. The molecule has 0 aliphatic heterocycles. The smallest absolute Gasteiger partial charge is 0.332 e. The molecule has 0 radical (unpaired) electrons. The summed E-state index contributed by atoms with van der Waals surface area (Å²) in [7, 11) is 0. The van der Waals surface area contributed by atoms with Crippen LogP contribution in [0.25, 0.3) is 0 Å². The summed E-state index contributed by atoms with van der Waals surface area (Å²) in [6.45, 7) is 0. The Morgan fingerprint density at radius 1 is 1.08 bits per heavy atom. The minimum absolute atomic E-state index is 0. The molecule has 0 rings (SSSR count). The van der Waals surface area contributed by atoms with Crippen LogP contribution in [0.2, 0.25) is 0 Å². The number of rotatable bonds is 4. The van der Waals surface area contributed by atoms with Gasteiger partial charge in [0.1, 0.15) is 0 Å². The van der Waals surface area contributed by atoms with Crippen LogP contribution in [0, 0.1) is 0 Å². The van der Waals surface area contributed by atoms with E-state index in [1.54, 1.807) is 0 Å². The molecule has 13 heavy (non-hydrogen) atoms. The van der Waals surface area contributed by atoms with Crippen molar-refractivity contribution in [3.8, 4) is 0 Å². The van der Waals surface area contributed by atoms with E-state index >= 15 is 0 Å². The molecule has 0 amide bonds. The van der Waals surface area contributed by atoms with Gasteiger partial charge in [0, 0.05) is 6.08 Å². The Balaban J connectivity index is 0. The van der Waals surface area contributed by atoms with E-state index in [4.69, 9.17) is 15.3 Å². The molecular weight excluding hydrogens is 184 g/mol. The second-order valence-corrected chi connectivity index (χ2v) is 1.88. The first-order valence-electron chi connectivity index (χ1n) is 2.82. The van der Waals surface area contributed by atoms with Crippen LogP contribution in [0.5, 0.6) is 0 Å². The summed E-state index contributed by atoms with van der Waals surface area (Å²) >= 11 is 0. The normalized spacial score (nSPS) is 10.0. The molecule has 7 nitrogen and oxygen atoms in total. The lowest BCUT2D eigenvalue weighted by Gasteiger charge is -1.94. The van der Waals surface area contributed by atoms with Gasteiger partial charge in [0.15, 0.2) is 0 Å². The lowest BCUT2D eigenvalue weighted by atomic mass is 10.2. The van der Waals surface area contributed by atoms with Crippen molar-refractivity contribution in [2.75, 3.05) is 0 Å². The Hall–Kier alpha value is -1.89. The third kappa shape index (κ3) is 6.51. The zero-order chi connectivity index (χ0) is 9.72. The molecule has 5 N–H and O–H groups in total. The van der Waals surface area contributed by atoms with Gasteiger partial charge in [0.05, 0.1) is 12.0 Å². The fraction of sp³-hybridized carbons (Fsp3) is 0.167. The van der Waals surface area contributed by atoms with E-state index in [0.29, 0.717) is 6.08 Å². The Kier molecular flexibility index (Phi) is 6.02. The highest BCUT2D eigenvalue weighted by molar-refractivity contribution is 5.98. The number of hydrogen-bond acceptors (Lipinski definition) is 3. The lowest BCUT2D eigenvalue weighted by molar-refractivity contribution is -0.140. The van der Waals surface area contributed by atoms with Gasteiger partial charge < -0.3 is 20.8 Å². The van der Waals surface area contributed by atoms with E-state index in [2.05, 4.69) is 0 Å². The molecule has 0 saturated heterocycles. The standard InChI is InChI=1S/C6H6O6.H2O/c7-4(8)1-3(6(11)12)2-5(9)10;/h1H,2H2,(H,7,8)(H,9,10)(H,11,12);1H2/b3-1+;. The zero-order valence-corrected chi connectivity index (χ0v) is 6.35. The molecule has 7 heteroatoms. The van der Waals surface area contributed by atoms with Crippen LogP contribution in [0.3, 0.4) is 0 Å². The second-order valence-electron chi connectivity index (χ2n) is 1.88. The molecule has 0 atom stereocenters. The average Bonchev–Trinajstić information content (AvgIpc) is 1.83. The van der Waals surface area contributed by atoms with Gasteiger partial charge >= 0.3 is 17.9 Å². The van der Waals surface area contributed by atoms with Crippen molar-refractivity contribution in [1.29, 1.82) is 0 Å². The molecule has 0 aliphatic carbocycles. The van der Waals surface area contributed by atoms with Crippen molar-refractivity contribution in [1.82, 2.24) is 0 Å². The quantitative estimate of drug-likeness (QED) is 0.474. The van der Waals surface area contributed by atoms with Crippen molar-refractivity contribution in [2.45, 2.75) is 6.42 Å². The summed E-state index contributed by atoms with van der Waals surface area (Å²) in [5, 5.41) is 24.5. The maximum absolute atomic E-state index is 10.2. The number of carboxylic acids is 3. The Morgan fingerprint density at radius 3 is 1.77 bits per heavy atom. The predicted octanol–water partition coefficient (Wildman–Crippen LogP) is -1.27. The van der Waals surface area contributed by atoms with E-state index in [0.717, 1.165) is 0 Å². The minimum atomic E-state index is -1.54. The van der Waals surface area contributed by atoms with Crippen molar-refractivity contribution < 1.29 is 35.2 Å². The minimum Gasteiger partial charge on any atom is -0.481 e. The molecule has 0 unspecified atom stereocenters. The summed E-state index contributed by atoms with van der Waals surface area (Å²) in [6.07, 6.45) is -0.446. The van der Waals surface area contributed by atoms with Gasteiger partial charge in [-0.05, 0) is 0 Å². The lowest BCUT2D eigenvalue weighted by Crippen LogP contribution is -2.08. The van der Waals surface area contributed by atoms with Crippen molar-refractivity contribution in [2.24, 2.45) is 0 Å². The molecular formula is C6H8O7. The Labute approximate surface area is 72.2 Å². The summed E-state index contributed by atoms with van der Waals surface area (Å²) < 4.78 is 0. The van der Waals surface area contributed by atoms with Gasteiger partial charge in [-0.2, -0.15) is 0 Å². The Bertz CT molecular complexity index is 252. The summed E-state index contributed by atoms with van der Waals surface area (Å²) in [4.78, 5) is 30.1. The molecule has 0 heterocycles. The fourth-order valence-electron chi connectivity index (χ4n) is 0.500. The molecule has 0 saturated carbocycles. The monoisotopic (exact) mass is 192 g/mol. The molecule has 0 aromatic heterocycles. The second kappa shape index (κ2) is 5.72. The van der Waals surface area contributed by atoms with Crippen LogP contribution in [-0.2, 0) is 14.4 Å². The molecule has 0 aromatic rings. The third-order valence-corrected chi connectivity index (χ3v) is 0.914. The maximum Gasteiger partial charge on any atom is 0.332 e. The van der Waals surface area contributed by atoms with E-state index < -0.39 is 29.9 Å². The number of aliphatic carboxylic acids is 3. The highest BCUT2D eigenvalue weighted by atomic mass is 16.4. The topological polar surface area (TPSA) is 143 Å². The van der Waals surface area contributed by atoms with E-state index in [9.17, 15) is 14.4 Å². The van der Waals surface area contributed by atoms with Gasteiger partial charge in [0.2, 0.25) is 0 Å². The number of carbonyl (C=O) groups is 3. The van der Waals surface area contributed by atoms with Crippen molar-refractivity contribution in [3.63, 3.8) is 0 Å². The van der Waals surface area contributed by atoms with Crippen molar-refractivity contribution in [3.05, 3.63) is 11.6 Å². The van der Waals surface area contributed by atoms with E-state index in [1.807, 2.05) is 0 Å². The predicted molar refractivity (Wildman–Crippen MR) is 39.2 cm³/mol. The van der Waals surface area contributed by atoms with Crippen LogP contribution in [0.4, 0.5) is 0 Å². The zero-order valence-electron chi connectivity index (χ0n) is 6.35.